The predicted octanol–water partition coefficient (Wildman–Crippen LogP) is 3.51. The summed E-state index contributed by atoms with van der Waals surface area (Å²) in [5.41, 5.74) is 0.180. The van der Waals surface area contributed by atoms with Crippen LogP contribution in [0.4, 0.5) is 0 Å². The Morgan fingerprint density at radius 1 is 1.43 bits per heavy atom. The van der Waals surface area contributed by atoms with Gasteiger partial charge >= 0.3 is 0 Å². The third-order valence-corrected chi connectivity index (χ3v) is 3.36. The van der Waals surface area contributed by atoms with Crippen molar-refractivity contribution in [1.29, 1.82) is 0 Å². The summed E-state index contributed by atoms with van der Waals surface area (Å²) in [5, 5.41) is 0. The molecule has 1 nitrogen and oxygen atoms in total. The zero-order valence-electron chi connectivity index (χ0n) is 9.42. The highest BCUT2D eigenvalue weighted by Gasteiger charge is 2.28. The molecule has 0 heterocycles. The maximum absolute atomic E-state index is 11.3. The van der Waals surface area contributed by atoms with E-state index in [4.69, 9.17) is 0 Å². The van der Waals surface area contributed by atoms with Crippen molar-refractivity contribution in [3.8, 4) is 0 Å². The SMILES string of the molecule is CCC(=O)CCC1(C)C=CC=CC1C. The second kappa shape index (κ2) is 4.59. The lowest BCUT2D eigenvalue weighted by molar-refractivity contribution is -0.119. The molecule has 2 atom stereocenters. The van der Waals surface area contributed by atoms with E-state index in [2.05, 4.69) is 38.2 Å². The highest BCUT2D eigenvalue weighted by atomic mass is 16.1. The van der Waals surface area contributed by atoms with E-state index in [9.17, 15) is 4.79 Å². The Kier molecular flexibility index (Phi) is 3.68. The van der Waals surface area contributed by atoms with Crippen molar-refractivity contribution >= 4 is 5.78 Å². The molecule has 0 fully saturated rings. The van der Waals surface area contributed by atoms with Gasteiger partial charge in [-0.2, -0.15) is 0 Å². The molecule has 0 saturated heterocycles. The minimum atomic E-state index is 0.180. The third kappa shape index (κ3) is 2.57. The Balaban J connectivity index is 2.53. The van der Waals surface area contributed by atoms with E-state index >= 15 is 0 Å². The van der Waals surface area contributed by atoms with Crippen LogP contribution >= 0.6 is 0 Å². The summed E-state index contributed by atoms with van der Waals surface area (Å²) >= 11 is 0. The van der Waals surface area contributed by atoms with Crippen LogP contribution in [0.3, 0.4) is 0 Å². The highest BCUT2D eigenvalue weighted by Crippen LogP contribution is 2.37. The summed E-state index contributed by atoms with van der Waals surface area (Å²) in [6.07, 6.45) is 11.0. The third-order valence-electron chi connectivity index (χ3n) is 3.36. The molecule has 1 aliphatic rings. The molecule has 14 heavy (non-hydrogen) atoms. The summed E-state index contributed by atoms with van der Waals surface area (Å²) in [6.45, 7) is 6.39. The van der Waals surface area contributed by atoms with Gasteiger partial charge in [0, 0.05) is 12.8 Å². The van der Waals surface area contributed by atoms with E-state index < -0.39 is 0 Å². The molecule has 0 aliphatic heterocycles. The first-order valence-corrected chi connectivity index (χ1v) is 5.46. The molecular weight excluding hydrogens is 172 g/mol. The van der Waals surface area contributed by atoms with Crippen molar-refractivity contribution in [2.45, 2.75) is 40.0 Å². The van der Waals surface area contributed by atoms with Gasteiger partial charge in [0.1, 0.15) is 5.78 Å². The van der Waals surface area contributed by atoms with Crippen LogP contribution in [0.5, 0.6) is 0 Å². The van der Waals surface area contributed by atoms with Gasteiger partial charge in [0.15, 0.2) is 0 Å². The lowest BCUT2D eigenvalue weighted by Gasteiger charge is -2.32. The topological polar surface area (TPSA) is 17.1 Å². The van der Waals surface area contributed by atoms with Crippen LogP contribution < -0.4 is 0 Å². The summed E-state index contributed by atoms with van der Waals surface area (Å²) in [4.78, 5) is 11.3. The van der Waals surface area contributed by atoms with E-state index in [1.807, 2.05) is 6.92 Å². The number of Topliss-reactive ketones (excluding diaryl/α,β-unsaturated/α-hetero) is 1. The van der Waals surface area contributed by atoms with E-state index in [0.717, 1.165) is 12.8 Å². The number of ketones is 1. The van der Waals surface area contributed by atoms with Gasteiger partial charge in [-0.3, -0.25) is 4.79 Å². The number of carbonyl (C=O) groups is 1. The number of rotatable bonds is 4. The molecule has 0 N–H and O–H groups in total. The summed E-state index contributed by atoms with van der Waals surface area (Å²) in [7, 11) is 0. The monoisotopic (exact) mass is 192 g/mol. The molecule has 0 spiro atoms. The second-order valence-corrected chi connectivity index (χ2v) is 4.43. The lowest BCUT2D eigenvalue weighted by Crippen LogP contribution is -2.24. The predicted molar refractivity (Wildman–Crippen MR) is 60.1 cm³/mol. The average Bonchev–Trinajstić information content (AvgIpc) is 2.19. The molecule has 0 aromatic rings. The van der Waals surface area contributed by atoms with E-state index in [0.29, 0.717) is 18.1 Å². The van der Waals surface area contributed by atoms with Crippen molar-refractivity contribution in [2.75, 3.05) is 0 Å². The lowest BCUT2D eigenvalue weighted by atomic mass is 9.72. The Labute approximate surface area is 86.9 Å². The number of allylic oxidation sites excluding steroid dienone is 4. The molecular formula is C13H20O. The highest BCUT2D eigenvalue weighted by molar-refractivity contribution is 5.78. The maximum atomic E-state index is 11.3. The first-order chi connectivity index (χ1) is 6.58. The maximum Gasteiger partial charge on any atom is 0.132 e. The van der Waals surface area contributed by atoms with Gasteiger partial charge in [0.2, 0.25) is 0 Å². The minimum absolute atomic E-state index is 0.180. The van der Waals surface area contributed by atoms with Crippen LogP contribution in [0.2, 0.25) is 0 Å². The van der Waals surface area contributed by atoms with Crippen molar-refractivity contribution in [2.24, 2.45) is 11.3 Å². The van der Waals surface area contributed by atoms with Crippen molar-refractivity contribution in [1.82, 2.24) is 0 Å². The van der Waals surface area contributed by atoms with Crippen LogP contribution in [0.25, 0.3) is 0 Å². The standard InChI is InChI=1S/C13H20O/c1-4-12(14)8-10-13(3)9-6-5-7-11(13)2/h5-7,9,11H,4,8,10H2,1-3H3. The van der Waals surface area contributed by atoms with Gasteiger partial charge in [0.25, 0.3) is 0 Å². The Bertz CT molecular complexity index is 262. The molecule has 1 aliphatic carbocycles. The molecule has 1 heteroatoms. The van der Waals surface area contributed by atoms with Crippen LogP contribution in [0.1, 0.15) is 40.0 Å². The van der Waals surface area contributed by atoms with Crippen molar-refractivity contribution in [3.63, 3.8) is 0 Å². The molecule has 1 rings (SSSR count). The number of hydrogen-bond donors (Lipinski definition) is 0. The quantitative estimate of drug-likeness (QED) is 0.666. The van der Waals surface area contributed by atoms with E-state index in [-0.39, 0.29) is 5.41 Å². The smallest absolute Gasteiger partial charge is 0.132 e. The average molecular weight is 192 g/mol. The molecule has 0 aromatic carbocycles. The van der Waals surface area contributed by atoms with Crippen LogP contribution in [-0.4, -0.2) is 5.78 Å². The minimum Gasteiger partial charge on any atom is -0.300 e. The van der Waals surface area contributed by atoms with Gasteiger partial charge in [-0.25, -0.2) is 0 Å². The Hall–Kier alpha value is -0.850. The summed E-state index contributed by atoms with van der Waals surface area (Å²) in [5.74, 6) is 0.915. The van der Waals surface area contributed by atoms with Gasteiger partial charge < -0.3 is 0 Å². The molecule has 2 unspecified atom stereocenters. The first-order valence-electron chi connectivity index (χ1n) is 5.46. The molecule has 0 amide bonds. The fraction of sp³-hybridized carbons (Fsp3) is 0.615. The van der Waals surface area contributed by atoms with E-state index in [1.165, 1.54) is 0 Å². The fourth-order valence-corrected chi connectivity index (χ4v) is 1.77. The zero-order valence-corrected chi connectivity index (χ0v) is 9.42. The van der Waals surface area contributed by atoms with Gasteiger partial charge in [-0.1, -0.05) is 45.1 Å². The van der Waals surface area contributed by atoms with E-state index in [1.54, 1.807) is 0 Å². The number of carbonyl (C=O) groups excluding carboxylic acids is 1. The normalized spacial score (nSPS) is 30.6. The Morgan fingerprint density at radius 3 is 2.71 bits per heavy atom. The fourth-order valence-electron chi connectivity index (χ4n) is 1.77. The van der Waals surface area contributed by atoms with Crippen LogP contribution in [0.15, 0.2) is 24.3 Å². The molecule has 0 bridgehead atoms. The van der Waals surface area contributed by atoms with Crippen LogP contribution in [0, 0.1) is 11.3 Å². The molecule has 78 valence electrons. The van der Waals surface area contributed by atoms with Crippen LogP contribution in [-0.2, 0) is 4.79 Å². The molecule has 0 aromatic heterocycles. The molecule has 0 saturated carbocycles. The Morgan fingerprint density at radius 2 is 2.14 bits per heavy atom. The van der Waals surface area contributed by atoms with Gasteiger partial charge in [-0.15, -0.1) is 0 Å². The second-order valence-electron chi connectivity index (χ2n) is 4.43. The first kappa shape index (κ1) is 11.2. The molecule has 0 radical (unpaired) electrons. The summed E-state index contributed by atoms with van der Waals surface area (Å²) < 4.78 is 0. The van der Waals surface area contributed by atoms with Gasteiger partial charge in [-0.05, 0) is 17.8 Å². The summed E-state index contributed by atoms with van der Waals surface area (Å²) in [6, 6.07) is 0. The number of hydrogen-bond acceptors (Lipinski definition) is 1. The van der Waals surface area contributed by atoms with Crippen molar-refractivity contribution < 1.29 is 4.79 Å². The zero-order chi connectivity index (χ0) is 10.6. The largest absolute Gasteiger partial charge is 0.300 e. The van der Waals surface area contributed by atoms with Crippen molar-refractivity contribution in [3.05, 3.63) is 24.3 Å². The van der Waals surface area contributed by atoms with Gasteiger partial charge in [0.05, 0.1) is 0 Å².